The number of hydrogen-bond donors (Lipinski definition) is 3. The molecular weight excluding hydrogens is 244 g/mol. The Morgan fingerprint density at radius 2 is 1.95 bits per heavy atom. The van der Waals surface area contributed by atoms with Crippen LogP contribution in [-0.4, -0.2) is 30.2 Å². The molecule has 1 fully saturated rings. The van der Waals surface area contributed by atoms with Crippen molar-refractivity contribution in [3.63, 3.8) is 0 Å². The minimum absolute atomic E-state index is 0.134. The second kappa shape index (κ2) is 6.78. The third kappa shape index (κ3) is 5.49. The van der Waals surface area contributed by atoms with Crippen LogP contribution in [0.4, 0.5) is 4.79 Å². The van der Waals surface area contributed by atoms with E-state index in [1.54, 1.807) is 13.8 Å². The lowest BCUT2D eigenvalue weighted by Crippen LogP contribution is -2.44. The number of carbonyl (C=O) groups is 2. The van der Waals surface area contributed by atoms with Crippen LogP contribution in [0.2, 0.25) is 0 Å². The molecule has 1 aliphatic rings. The van der Waals surface area contributed by atoms with Gasteiger partial charge < -0.3 is 15.7 Å². The zero-order valence-corrected chi connectivity index (χ0v) is 12.2. The minimum atomic E-state index is -0.934. The van der Waals surface area contributed by atoms with E-state index in [9.17, 15) is 9.59 Å². The van der Waals surface area contributed by atoms with Gasteiger partial charge in [-0.3, -0.25) is 4.79 Å². The first kappa shape index (κ1) is 15.8. The number of hydrogen-bond acceptors (Lipinski definition) is 2. The van der Waals surface area contributed by atoms with E-state index >= 15 is 0 Å². The van der Waals surface area contributed by atoms with E-state index in [0.29, 0.717) is 12.5 Å². The molecule has 5 heteroatoms. The highest BCUT2D eigenvalue weighted by Gasteiger charge is 2.27. The number of nitrogens with one attached hydrogen (secondary N) is 2. The second-order valence-electron chi connectivity index (χ2n) is 6.39. The lowest BCUT2D eigenvalue weighted by Gasteiger charge is -2.27. The van der Waals surface area contributed by atoms with Crippen LogP contribution in [0.5, 0.6) is 0 Å². The largest absolute Gasteiger partial charge is 0.481 e. The minimum Gasteiger partial charge on any atom is -0.481 e. The van der Waals surface area contributed by atoms with Gasteiger partial charge in [-0.15, -0.1) is 0 Å². The predicted octanol–water partition coefficient (Wildman–Crippen LogP) is 2.22. The van der Waals surface area contributed by atoms with E-state index < -0.39 is 11.4 Å². The summed E-state index contributed by atoms with van der Waals surface area (Å²) in [7, 11) is 0. The summed E-state index contributed by atoms with van der Waals surface area (Å²) in [6.07, 6.45) is 4.86. The third-order valence-corrected chi connectivity index (χ3v) is 3.87. The summed E-state index contributed by atoms with van der Waals surface area (Å²) >= 11 is 0. The van der Waals surface area contributed by atoms with Crippen molar-refractivity contribution in [3.8, 4) is 0 Å². The molecule has 0 bridgehead atoms. The number of carboxylic acid groups (broad SMARTS) is 1. The van der Waals surface area contributed by atoms with Gasteiger partial charge in [0.2, 0.25) is 0 Å². The molecule has 1 aliphatic carbocycles. The highest BCUT2D eigenvalue weighted by Crippen LogP contribution is 2.27. The van der Waals surface area contributed by atoms with Gasteiger partial charge >= 0.3 is 12.0 Å². The molecule has 0 spiro atoms. The van der Waals surface area contributed by atoms with Crippen LogP contribution < -0.4 is 10.6 Å². The highest BCUT2D eigenvalue weighted by atomic mass is 16.4. The molecule has 3 N–H and O–H groups in total. The maximum absolute atomic E-state index is 11.6. The summed E-state index contributed by atoms with van der Waals surface area (Å²) in [5.41, 5.74) is -0.934. The van der Waals surface area contributed by atoms with E-state index in [2.05, 4.69) is 17.6 Å². The van der Waals surface area contributed by atoms with Crippen molar-refractivity contribution in [3.05, 3.63) is 0 Å². The van der Waals surface area contributed by atoms with Gasteiger partial charge in [0.25, 0.3) is 0 Å². The molecule has 0 aromatic rings. The van der Waals surface area contributed by atoms with E-state index in [4.69, 9.17) is 5.11 Å². The van der Waals surface area contributed by atoms with Gasteiger partial charge in [0.15, 0.2) is 0 Å². The van der Waals surface area contributed by atoms with Gasteiger partial charge in [0.1, 0.15) is 0 Å². The molecule has 19 heavy (non-hydrogen) atoms. The zero-order valence-electron chi connectivity index (χ0n) is 12.2. The van der Waals surface area contributed by atoms with Gasteiger partial charge in [-0.2, -0.15) is 0 Å². The van der Waals surface area contributed by atoms with Crippen molar-refractivity contribution in [1.29, 1.82) is 0 Å². The van der Waals surface area contributed by atoms with Crippen molar-refractivity contribution in [1.82, 2.24) is 10.6 Å². The van der Waals surface area contributed by atoms with Crippen LogP contribution in [0.1, 0.15) is 46.5 Å². The van der Waals surface area contributed by atoms with Crippen molar-refractivity contribution in [2.24, 2.45) is 17.3 Å². The topological polar surface area (TPSA) is 78.4 Å². The fraction of sp³-hybridized carbons (Fsp3) is 0.857. The number of aliphatic carboxylic acids is 1. The Morgan fingerprint density at radius 3 is 2.53 bits per heavy atom. The molecular formula is C14H26N2O3. The smallest absolute Gasteiger partial charge is 0.314 e. The molecule has 0 aromatic heterocycles. The summed E-state index contributed by atoms with van der Waals surface area (Å²) < 4.78 is 0. The van der Waals surface area contributed by atoms with Crippen LogP contribution in [0.3, 0.4) is 0 Å². The molecule has 0 saturated heterocycles. The highest BCUT2D eigenvalue weighted by molar-refractivity contribution is 5.77. The fourth-order valence-electron chi connectivity index (χ4n) is 2.42. The normalized spacial score (nSPS) is 23.7. The molecule has 110 valence electrons. The molecule has 0 radical (unpaired) electrons. The summed E-state index contributed by atoms with van der Waals surface area (Å²) in [6, 6.07) is -0.271. The molecule has 2 amide bonds. The Labute approximate surface area is 115 Å². The summed E-state index contributed by atoms with van der Waals surface area (Å²) in [4.78, 5) is 22.5. The Morgan fingerprint density at radius 1 is 1.26 bits per heavy atom. The molecule has 5 nitrogen and oxygen atoms in total. The van der Waals surface area contributed by atoms with Gasteiger partial charge in [-0.25, -0.2) is 4.79 Å². The predicted molar refractivity (Wildman–Crippen MR) is 73.9 cm³/mol. The van der Waals surface area contributed by atoms with Gasteiger partial charge in [0, 0.05) is 13.1 Å². The van der Waals surface area contributed by atoms with Crippen molar-refractivity contribution in [2.45, 2.75) is 46.5 Å². The van der Waals surface area contributed by atoms with Crippen molar-refractivity contribution >= 4 is 12.0 Å². The Kier molecular flexibility index (Phi) is 5.63. The lowest BCUT2D eigenvalue weighted by atomic mass is 9.82. The quantitative estimate of drug-likeness (QED) is 0.716. The molecule has 1 saturated carbocycles. The monoisotopic (exact) mass is 270 g/mol. The van der Waals surface area contributed by atoms with Crippen LogP contribution in [0.25, 0.3) is 0 Å². The van der Waals surface area contributed by atoms with E-state index in [1.165, 1.54) is 25.7 Å². The Bertz CT molecular complexity index is 329. The lowest BCUT2D eigenvalue weighted by molar-refractivity contribution is -0.146. The summed E-state index contributed by atoms with van der Waals surface area (Å²) in [5.74, 6) is 0.394. The summed E-state index contributed by atoms with van der Waals surface area (Å²) in [5, 5.41) is 14.4. The number of carboxylic acids is 1. The van der Waals surface area contributed by atoms with Crippen molar-refractivity contribution in [2.75, 3.05) is 13.1 Å². The standard InChI is InChI=1S/C14H26N2O3/c1-10-5-4-6-11(7-10)8-15-13(19)16-9-14(2,3)12(17)18/h10-11H,4-9H2,1-3H3,(H,17,18)(H2,15,16,19). The first-order valence-corrected chi connectivity index (χ1v) is 7.06. The zero-order chi connectivity index (χ0) is 14.5. The van der Waals surface area contributed by atoms with Crippen LogP contribution in [-0.2, 0) is 4.79 Å². The van der Waals surface area contributed by atoms with Crippen LogP contribution in [0, 0.1) is 17.3 Å². The molecule has 0 heterocycles. The second-order valence-corrected chi connectivity index (χ2v) is 6.39. The Hall–Kier alpha value is -1.26. The molecule has 1 rings (SSSR count). The maximum Gasteiger partial charge on any atom is 0.314 e. The first-order chi connectivity index (χ1) is 8.81. The van der Waals surface area contributed by atoms with Crippen molar-refractivity contribution < 1.29 is 14.7 Å². The molecule has 2 atom stereocenters. The first-order valence-electron chi connectivity index (χ1n) is 7.06. The number of urea groups is 1. The number of carbonyl (C=O) groups excluding carboxylic acids is 1. The fourth-order valence-corrected chi connectivity index (χ4v) is 2.42. The number of rotatable bonds is 5. The SMILES string of the molecule is CC1CCCC(CNC(=O)NCC(C)(C)C(=O)O)C1. The van der Waals surface area contributed by atoms with Gasteiger partial charge in [0.05, 0.1) is 5.41 Å². The average molecular weight is 270 g/mol. The van der Waals surface area contributed by atoms with E-state index in [0.717, 1.165) is 5.92 Å². The summed E-state index contributed by atoms with van der Waals surface area (Å²) in [6.45, 7) is 6.26. The van der Waals surface area contributed by atoms with Crippen LogP contribution in [0.15, 0.2) is 0 Å². The molecule has 0 aromatic carbocycles. The maximum atomic E-state index is 11.6. The van der Waals surface area contributed by atoms with Crippen LogP contribution >= 0.6 is 0 Å². The molecule has 0 aliphatic heterocycles. The van der Waals surface area contributed by atoms with Gasteiger partial charge in [-0.05, 0) is 38.5 Å². The van der Waals surface area contributed by atoms with E-state index in [1.807, 2.05) is 0 Å². The molecule has 2 unspecified atom stereocenters. The average Bonchev–Trinajstić information content (AvgIpc) is 2.34. The van der Waals surface area contributed by atoms with E-state index in [-0.39, 0.29) is 12.6 Å². The Balaban J connectivity index is 2.23. The third-order valence-electron chi connectivity index (χ3n) is 3.87. The van der Waals surface area contributed by atoms with Gasteiger partial charge in [-0.1, -0.05) is 19.8 Å². The number of amides is 2.